The molecule has 0 saturated heterocycles. The molecule has 0 aliphatic heterocycles. The number of pyridine rings is 2. The van der Waals surface area contributed by atoms with Crippen molar-refractivity contribution in [1.82, 2.24) is 19.7 Å². The molecule has 0 aromatic carbocycles. The molecule has 1 fully saturated rings. The van der Waals surface area contributed by atoms with E-state index in [1.165, 1.54) is 0 Å². The standard InChI is InChI=1S/C20H23N5O/c1-14-4-7-21-18(9-14)24-19-10-15(2)8-17(23-19)16-11-22-25(12-16)13-20(26)5-3-6-20/h4,7-12,26H,3,5-6,13H2,1-2H3,(H,21,23,24). The molecule has 3 heterocycles. The summed E-state index contributed by atoms with van der Waals surface area (Å²) in [5, 5.41) is 18.0. The Labute approximate surface area is 152 Å². The maximum Gasteiger partial charge on any atom is 0.132 e. The molecule has 0 radical (unpaired) electrons. The molecule has 134 valence electrons. The molecule has 3 aromatic rings. The van der Waals surface area contributed by atoms with Gasteiger partial charge in [0.2, 0.25) is 0 Å². The molecule has 0 atom stereocenters. The first kappa shape index (κ1) is 16.7. The first-order chi connectivity index (χ1) is 12.5. The molecule has 1 saturated carbocycles. The monoisotopic (exact) mass is 349 g/mol. The zero-order valence-electron chi connectivity index (χ0n) is 15.1. The Balaban J connectivity index is 1.57. The van der Waals surface area contributed by atoms with Crippen molar-refractivity contribution in [2.24, 2.45) is 0 Å². The Hall–Kier alpha value is -2.73. The molecule has 6 heteroatoms. The summed E-state index contributed by atoms with van der Waals surface area (Å²) >= 11 is 0. The fraction of sp³-hybridized carbons (Fsp3) is 0.350. The lowest BCUT2D eigenvalue weighted by atomic mass is 9.80. The van der Waals surface area contributed by atoms with Crippen LogP contribution in [0.1, 0.15) is 30.4 Å². The van der Waals surface area contributed by atoms with Gasteiger partial charge in [-0.3, -0.25) is 4.68 Å². The Kier molecular flexibility index (Phi) is 4.20. The van der Waals surface area contributed by atoms with Gasteiger partial charge < -0.3 is 10.4 Å². The van der Waals surface area contributed by atoms with Crippen LogP contribution in [0.5, 0.6) is 0 Å². The molecule has 6 nitrogen and oxygen atoms in total. The summed E-state index contributed by atoms with van der Waals surface area (Å²) in [5.74, 6) is 1.53. The van der Waals surface area contributed by atoms with Crippen LogP contribution in [0.4, 0.5) is 11.6 Å². The number of anilines is 2. The average molecular weight is 349 g/mol. The highest BCUT2D eigenvalue weighted by molar-refractivity contribution is 5.63. The van der Waals surface area contributed by atoms with Crippen LogP contribution in [0.3, 0.4) is 0 Å². The molecule has 26 heavy (non-hydrogen) atoms. The van der Waals surface area contributed by atoms with Crippen LogP contribution in [-0.2, 0) is 6.54 Å². The van der Waals surface area contributed by atoms with Crippen molar-refractivity contribution in [1.29, 1.82) is 0 Å². The van der Waals surface area contributed by atoms with Crippen LogP contribution < -0.4 is 5.32 Å². The van der Waals surface area contributed by atoms with E-state index in [9.17, 15) is 5.11 Å². The van der Waals surface area contributed by atoms with E-state index >= 15 is 0 Å². The van der Waals surface area contributed by atoms with E-state index in [-0.39, 0.29) is 0 Å². The van der Waals surface area contributed by atoms with E-state index < -0.39 is 5.60 Å². The van der Waals surface area contributed by atoms with E-state index in [0.29, 0.717) is 6.54 Å². The summed E-state index contributed by atoms with van der Waals surface area (Å²) in [4.78, 5) is 9.04. The van der Waals surface area contributed by atoms with Gasteiger partial charge in [-0.1, -0.05) is 0 Å². The Bertz CT molecular complexity index is 929. The summed E-state index contributed by atoms with van der Waals surface area (Å²) in [6.45, 7) is 4.62. The number of hydrogen-bond donors (Lipinski definition) is 2. The van der Waals surface area contributed by atoms with Crippen molar-refractivity contribution in [3.05, 3.63) is 54.0 Å². The van der Waals surface area contributed by atoms with E-state index in [0.717, 1.165) is 53.3 Å². The fourth-order valence-corrected chi connectivity index (χ4v) is 3.24. The lowest BCUT2D eigenvalue weighted by Gasteiger charge is -2.36. The molecule has 3 aromatic heterocycles. The van der Waals surface area contributed by atoms with Gasteiger partial charge in [-0.15, -0.1) is 0 Å². The van der Waals surface area contributed by atoms with Crippen molar-refractivity contribution in [3.63, 3.8) is 0 Å². The van der Waals surface area contributed by atoms with Gasteiger partial charge >= 0.3 is 0 Å². The van der Waals surface area contributed by atoms with Crippen LogP contribution in [0.15, 0.2) is 42.9 Å². The Morgan fingerprint density at radius 2 is 1.96 bits per heavy atom. The first-order valence-corrected chi connectivity index (χ1v) is 8.93. The third-order valence-corrected chi connectivity index (χ3v) is 4.81. The lowest BCUT2D eigenvalue weighted by molar-refractivity contribution is -0.0498. The minimum absolute atomic E-state index is 0.539. The second-order valence-electron chi connectivity index (χ2n) is 7.26. The van der Waals surface area contributed by atoms with Gasteiger partial charge in [0.25, 0.3) is 0 Å². The number of aliphatic hydroxyl groups is 1. The maximum absolute atomic E-state index is 10.3. The molecular formula is C20H23N5O. The highest BCUT2D eigenvalue weighted by atomic mass is 16.3. The molecule has 0 spiro atoms. The fourth-order valence-electron chi connectivity index (χ4n) is 3.24. The zero-order chi connectivity index (χ0) is 18.1. The Morgan fingerprint density at radius 3 is 2.69 bits per heavy atom. The number of nitrogens with one attached hydrogen (secondary N) is 1. The van der Waals surface area contributed by atoms with Crippen molar-refractivity contribution in [2.75, 3.05) is 5.32 Å². The summed E-state index contributed by atoms with van der Waals surface area (Å²) < 4.78 is 1.81. The third-order valence-electron chi connectivity index (χ3n) is 4.81. The van der Waals surface area contributed by atoms with E-state index in [2.05, 4.69) is 15.4 Å². The zero-order valence-corrected chi connectivity index (χ0v) is 15.1. The van der Waals surface area contributed by atoms with Crippen molar-refractivity contribution in [2.45, 2.75) is 45.3 Å². The van der Waals surface area contributed by atoms with Gasteiger partial charge in [0.15, 0.2) is 0 Å². The summed E-state index contributed by atoms with van der Waals surface area (Å²) in [5.41, 5.74) is 3.46. The highest BCUT2D eigenvalue weighted by Crippen LogP contribution is 2.33. The normalized spacial score (nSPS) is 15.5. The molecule has 0 unspecified atom stereocenters. The maximum atomic E-state index is 10.3. The number of nitrogens with zero attached hydrogens (tertiary/aromatic N) is 4. The first-order valence-electron chi connectivity index (χ1n) is 8.93. The molecular weight excluding hydrogens is 326 g/mol. The van der Waals surface area contributed by atoms with Gasteiger partial charge in [-0.2, -0.15) is 5.10 Å². The molecule has 4 rings (SSSR count). The predicted octanol–water partition coefficient (Wildman–Crippen LogP) is 3.62. The quantitative estimate of drug-likeness (QED) is 0.736. The molecule has 1 aliphatic carbocycles. The number of hydrogen-bond acceptors (Lipinski definition) is 5. The van der Waals surface area contributed by atoms with Gasteiger partial charge in [0.05, 0.1) is 24.0 Å². The number of aryl methyl sites for hydroxylation is 2. The molecule has 2 N–H and O–H groups in total. The van der Waals surface area contributed by atoms with Gasteiger partial charge in [0, 0.05) is 18.0 Å². The summed E-state index contributed by atoms with van der Waals surface area (Å²) in [7, 11) is 0. The topological polar surface area (TPSA) is 75.9 Å². The van der Waals surface area contributed by atoms with E-state index in [4.69, 9.17) is 4.98 Å². The van der Waals surface area contributed by atoms with Crippen molar-refractivity contribution in [3.8, 4) is 11.3 Å². The third kappa shape index (κ3) is 3.60. The van der Waals surface area contributed by atoms with Gasteiger partial charge in [-0.25, -0.2) is 9.97 Å². The van der Waals surface area contributed by atoms with Crippen LogP contribution in [-0.4, -0.2) is 30.5 Å². The van der Waals surface area contributed by atoms with Crippen LogP contribution in [0.25, 0.3) is 11.3 Å². The SMILES string of the molecule is Cc1ccnc(Nc2cc(C)cc(-c3cnn(CC4(O)CCC4)c3)n2)c1. The largest absolute Gasteiger partial charge is 0.388 e. The predicted molar refractivity (Wildman–Crippen MR) is 101 cm³/mol. The van der Waals surface area contributed by atoms with Crippen LogP contribution >= 0.6 is 0 Å². The second kappa shape index (κ2) is 6.53. The van der Waals surface area contributed by atoms with Gasteiger partial charge in [-0.05, 0) is 68.5 Å². The lowest BCUT2D eigenvalue weighted by Crippen LogP contribution is -2.41. The van der Waals surface area contributed by atoms with Crippen molar-refractivity contribution >= 4 is 11.6 Å². The minimum atomic E-state index is -0.590. The number of rotatable bonds is 5. The van der Waals surface area contributed by atoms with Crippen LogP contribution in [0.2, 0.25) is 0 Å². The van der Waals surface area contributed by atoms with Gasteiger partial charge in [0.1, 0.15) is 11.6 Å². The molecule has 0 bridgehead atoms. The van der Waals surface area contributed by atoms with Crippen LogP contribution in [0, 0.1) is 13.8 Å². The van der Waals surface area contributed by atoms with E-state index in [1.807, 2.05) is 49.0 Å². The molecule has 1 aliphatic rings. The average Bonchev–Trinajstić information content (AvgIpc) is 3.01. The van der Waals surface area contributed by atoms with Crippen molar-refractivity contribution < 1.29 is 5.11 Å². The Morgan fingerprint density at radius 1 is 1.15 bits per heavy atom. The number of aromatic nitrogens is 4. The smallest absolute Gasteiger partial charge is 0.132 e. The second-order valence-corrected chi connectivity index (χ2v) is 7.26. The highest BCUT2D eigenvalue weighted by Gasteiger charge is 2.34. The minimum Gasteiger partial charge on any atom is -0.388 e. The summed E-state index contributed by atoms with van der Waals surface area (Å²) in [6, 6.07) is 7.98. The van der Waals surface area contributed by atoms with E-state index in [1.54, 1.807) is 12.4 Å². The summed E-state index contributed by atoms with van der Waals surface area (Å²) in [6.07, 6.45) is 8.33. The molecule has 0 amide bonds.